The molecule has 0 saturated heterocycles. The number of pyridine rings is 1. The van der Waals surface area contributed by atoms with Gasteiger partial charge in [-0.25, -0.2) is 9.97 Å². The van der Waals surface area contributed by atoms with Crippen LogP contribution in [0.15, 0.2) is 90.0 Å². The number of rotatable bonds is 6. The number of imidazole rings is 1. The summed E-state index contributed by atoms with van der Waals surface area (Å²) >= 11 is 0. The lowest BCUT2D eigenvalue weighted by Gasteiger charge is -2.12. The van der Waals surface area contributed by atoms with Crippen molar-refractivity contribution in [1.82, 2.24) is 30.0 Å². The van der Waals surface area contributed by atoms with Gasteiger partial charge in [0.1, 0.15) is 12.0 Å². The van der Waals surface area contributed by atoms with E-state index in [2.05, 4.69) is 25.4 Å². The van der Waals surface area contributed by atoms with E-state index < -0.39 is 17.6 Å². The predicted octanol–water partition coefficient (Wildman–Crippen LogP) is 4.93. The molecule has 0 saturated carbocycles. The molecule has 0 aliphatic carbocycles. The van der Waals surface area contributed by atoms with Crippen molar-refractivity contribution < 1.29 is 22.5 Å². The normalized spacial score (nSPS) is 11.4. The molecule has 0 fully saturated rings. The molecule has 0 atom stereocenters. The van der Waals surface area contributed by atoms with E-state index in [9.17, 15) is 18.0 Å². The zero-order valence-corrected chi connectivity index (χ0v) is 18.5. The van der Waals surface area contributed by atoms with E-state index in [1.54, 1.807) is 18.3 Å². The number of hydrogen-bond acceptors (Lipinski definition) is 6. The number of carbonyl (C=O) groups is 1. The van der Waals surface area contributed by atoms with Gasteiger partial charge in [-0.15, -0.1) is 0 Å². The molecule has 0 aliphatic rings. The summed E-state index contributed by atoms with van der Waals surface area (Å²) in [5.41, 5.74) is 0.452. The Kier molecular flexibility index (Phi) is 6.03. The van der Waals surface area contributed by atoms with Gasteiger partial charge in [0.15, 0.2) is 5.82 Å². The SMILES string of the molecule is O=C(NCc1ccccc1C(F)(F)F)c1cn(-c2ncccc2-c2nc(-c3ccccc3)no2)cn1. The van der Waals surface area contributed by atoms with E-state index in [0.717, 1.165) is 11.6 Å². The second-order valence-corrected chi connectivity index (χ2v) is 7.67. The lowest BCUT2D eigenvalue weighted by Crippen LogP contribution is -2.24. The van der Waals surface area contributed by atoms with Gasteiger partial charge in [-0.3, -0.25) is 9.36 Å². The molecule has 1 amide bonds. The van der Waals surface area contributed by atoms with Crippen molar-refractivity contribution in [2.45, 2.75) is 12.7 Å². The molecular formula is C25H17F3N6O2. The Morgan fingerprint density at radius 3 is 2.56 bits per heavy atom. The van der Waals surface area contributed by atoms with E-state index in [1.807, 2.05) is 30.3 Å². The van der Waals surface area contributed by atoms with E-state index in [-0.39, 0.29) is 23.7 Å². The monoisotopic (exact) mass is 490 g/mol. The fourth-order valence-electron chi connectivity index (χ4n) is 3.58. The third kappa shape index (κ3) is 4.71. The maximum atomic E-state index is 13.2. The zero-order chi connectivity index (χ0) is 25.1. The van der Waals surface area contributed by atoms with Crippen LogP contribution < -0.4 is 5.32 Å². The van der Waals surface area contributed by atoms with Gasteiger partial charge >= 0.3 is 6.18 Å². The fourth-order valence-corrected chi connectivity index (χ4v) is 3.58. The first kappa shape index (κ1) is 23.0. The topological polar surface area (TPSA) is 98.7 Å². The van der Waals surface area contributed by atoms with Crippen LogP contribution in [0.4, 0.5) is 13.2 Å². The van der Waals surface area contributed by atoms with Crippen LogP contribution in [0.5, 0.6) is 0 Å². The number of carbonyl (C=O) groups excluding carboxylic acids is 1. The number of aromatic nitrogens is 5. The minimum absolute atomic E-state index is 0.00611. The van der Waals surface area contributed by atoms with Crippen LogP contribution in [0, 0.1) is 0 Å². The molecule has 5 rings (SSSR count). The highest BCUT2D eigenvalue weighted by Crippen LogP contribution is 2.32. The van der Waals surface area contributed by atoms with Crippen LogP contribution in [0.25, 0.3) is 28.7 Å². The summed E-state index contributed by atoms with van der Waals surface area (Å²) in [6.07, 6.45) is -0.168. The number of amides is 1. The smallest absolute Gasteiger partial charge is 0.347 e. The van der Waals surface area contributed by atoms with Crippen LogP contribution in [0.1, 0.15) is 21.6 Å². The summed E-state index contributed by atoms with van der Waals surface area (Å²) in [5.74, 6) is 0.382. The largest absolute Gasteiger partial charge is 0.416 e. The van der Waals surface area contributed by atoms with E-state index in [0.29, 0.717) is 17.2 Å². The van der Waals surface area contributed by atoms with Crippen molar-refractivity contribution in [3.63, 3.8) is 0 Å². The highest BCUT2D eigenvalue weighted by Gasteiger charge is 2.32. The number of nitrogens with one attached hydrogen (secondary N) is 1. The first-order valence-electron chi connectivity index (χ1n) is 10.7. The van der Waals surface area contributed by atoms with Crippen LogP contribution >= 0.6 is 0 Å². The Morgan fingerprint density at radius 2 is 1.75 bits per heavy atom. The van der Waals surface area contributed by atoms with Gasteiger partial charge in [-0.2, -0.15) is 18.2 Å². The maximum Gasteiger partial charge on any atom is 0.416 e. The highest BCUT2D eigenvalue weighted by atomic mass is 19.4. The van der Waals surface area contributed by atoms with E-state index in [4.69, 9.17) is 4.52 Å². The zero-order valence-electron chi connectivity index (χ0n) is 18.5. The molecule has 0 aliphatic heterocycles. The summed E-state index contributed by atoms with van der Waals surface area (Å²) in [5, 5.41) is 6.51. The van der Waals surface area contributed by atoms with Gasteiger partial charge < -0.3 is 9.84 Å². The summed E-state index contributed by atoms with van der Waals surface area (Å²) in [4.78, 5) is 25.5. The molecule has 36 heavy (non-hydrogen) atoms. The van der Waals surface area contributed by atoms with Gasteiger partial charge in [0.25, 0.3) is 11.8 Å². The minimum Gasteiger partial charge on any atom is -0.347 e. The second kappa shape index (κ2) is 9.45. The summed E-state index contributed by atoms with van der Waals surface area (Å²) in [6, 6.07) is 17.8. The predicted molar refractivity (Wildman–Crippen MR) is 123 cm³/mol. The average molecular weight is 490 g/mol. The van der Waals surface area contributed by atoms with Crippen molar-refractivity contribution >= 4 is 5.91 Å². The standard InChI is InChI=1S/C25H17F3N6O2/c26-25(27,28)19-11-5-4-9-17(19)13-30-23(35)20-14-34(15-31-20)22-18(10-6-12-29-22)24-32-21(33-36-24)16-7-2-1-3-8-16/h1-12,14-15H,13H2,(H,30,35). The van der Waals surface area contributed by atoms with Crippen molar-refractivity contribution in [1.29, 1.82) is 0 Å². The molecule has 2 aromatic carbocycles. The molecular weight excluding hydrogens is 473 g/mol. The van der Waals surface area contributed by atoms with Gasteiger partial charge in [0, 0.05) is 24.5 Å². The van der Waals surface area contributed by atoms with Crippen LogP contribution in [0.3, 0.4) is 0 Å². The molecule has 0 spiro atoms. The quantitative estimate of drug-likeness (QED) is 0.362. The van der Waals surface area contributed by atoms with Crippen molar-refractivity contribution in [2.75, 3.05) is 0 Å². The maximum absolute atomic E-state index is 13.2. The number of nitrogens with zero attached hydrogens (tertiary/aromatic N) is 5. The minimum atomic E-state index is -4.52. The number of halogens is 3. The molecule has 0 radical (unpaired) electrons. The third-order valence-corrected chi connectivity index (χ3v) is 5.30. The lowest BCUT2D eigenvalue weighted by molar-refractivity contribution is -0.138. The van der Waals surface area contributed by atoms with Gasteiger partial charge in [0.2, 0.25) is 5.82 Å². The molecule has 0 unspecified atom stereocenters. The lowest BCUT2D eigenvalue weighted by atomic mass is 10.1. The van der Waals surface area contributed by atoms with E-state index >= 15 is 0 Å². The molecule has 0 bridgehead atoms. The summed E-state index contributed by atoms with van der Waals surface area (Å²) < 4.78 is 46.6. The Morgan fingerprint density at radius 1 is 0.972 bits per heavy atom. The molecule has 1 N–H and O–H groups in total. The third-order valence-electron chi connectivity index (χ3n) is 5.30. The average Bonchev–Trinajstić information content (AvgIpc) is 3.58. The molecule has 3 aromatic heterocycles. The van der Waals surface area contributed by atoms with Crippen LogP contribution in [-0.4, -0.2) is 30.6 Å². The summed E-state index contributed by atoms with van der Waals surface area (Å²) in [7, 11) is 0. The van der Waals surface area contributed by atoms with Gasteiger partial charge in [0.05, 0.1) is 11.1 Å². The fraction of sp³-hybridized carbons (Fsp3) is 0.0800. The Labute approximate surface area is 202 Å². The van der Waals surface area contributed by atoms with Gasteiger partial charge in [-0.05, 0) is 23.8 Å². The van der Waals surface area contributed by atoms with E-state index in [1.165, 1.54) is 35.3 Å². The Balaban J connectivity index is 1.36. The Hall–Kier alpha value is -4.80. The van der Waals surface area contributed by atoms with Crippen LogP contribution in [-0.2, 0) is 12.7 Å². The van der Waals surface area contributed by atoms with Crippen molar-refractivity contribution in [3.05, 3.63) is 102 Å². The molecule has 8 nitrogen and oxygen atoms in total. The molecule has 180 valence electrons. The number of hydrogen-bond donors (Lipinski definition) is 1. The van der Waals surface area contributed by atoms with Crippen LogP contribution in [0.2, 0.25) is 0 Å². The first-order chi connectivity index (χ1) is 17.4. The molecule has 11 heteroatoms. The van der Waals surface area contributed by atoms with Crippen molar-refractivity contribution in [3.8, 4) is 28.7 Å². The summed E-state index contributed by atoms with van der Waals surface area (Å²) in [6.45, 7) is -0.305. The highest BCUT2D eigenvalue weighted by molar-refractivity contribution is 5.92. The number of benzene rings is 2. The molecule has 3 heterocycles. The van der Waals surface area contributed by atoms with Gasteiger partial charge in [-0.1, -0.05) is 53.7 Å². The Bertz CT molecular complexity index is 1510. The number of alkyl halides is 3. The first-order valence-corrected chi connectivity index (χ1v) is 10.7. The molecule has 5 aromatic rings. The van der Waals surface area contributed by atoms with Crippen molar-refractivity contribution in [2.24, 2.45) is 0 Å². The second-order valence-electron chi connectivity index (χ2n) is 7.67.